The standard InChI is InChI=1S/C13H24N4O.HI/c1-4-11(5-2)9-15-13(14-6-3)16-10-12-7-8-18-17-12;/h7-8,11H,4-6,9-10H2,1-3H3,(H2,14,15,16);1H. The van der Waals surface area contributed by atoms with Crippen molar-refractivity contribution < 1.29 is 4.52 Å². The number of rotatable bonds is 7. The van der Waals surface area contributed by atoms with E-state index >= 15 is 0 Å². The summed E-state index contributed by atoms with van der Waals surface area (Å²) in [4.78, 5) is 4.47. The number of nitrogens with zero attached hydrogens (tertiary/aromatic N) is 2. The van der Waals surface area contributed by atoms with Gasteiger partial charge in [-0.05, 0) is 12.8 Å². The second-order valence-corrected chi connectivity index (χ2v) is 4.25. The summed E-state index contributed by atoms with van der Waals surface area (Å²) in [7, 11) is 0. The van der Waals surface area contributed by atoms with Crippen LogP contribution in [0.3, 0.4) is 0 Å². The molecule has 0 aromatic carbocycles. The Labute approximate surface area is 132 Å². The number of hydrogen-bond donors (Lipinski definition) is 2. The van der Waals surface area contributed by atoms with Crippen LogP contribution < -0.4 is 10.6 Å². The zero-order valence-corrected chi connectivity index (χ0v) is 14.3. The lowest BCUT2D eigenvalue weighted by atomic mass is 10.0. The Morgan fingerprint density at radius 3 is 2.58 bits per heavy atom. The Hall–Kier alpha value is -0.790. The van der Waals surface area contributed by atoms with Crippen LogP contribution in [0.15, 0.2) is 21.8 Å². The highest BCUT2D eigenvalue weighted by molar-refractivity contribution is 14.0. The summed E-state index contributed by atoms with van der Waals surface area (Å²) in [5.74, 6) is 1.54. The molecule has 0 aliphatic heterocycles. The van der Waals surface area contributed by atoms with Crippen molar-refractivity contribution in [2.45, 2.75) is 40.2 Å². The van der Waals surface area contributed by atoms with Crippen LogP contribution in [-0.2, 0) is 6.54 Å². The normalized spacial score (nSPS) is 11.3. The Morgan fingerprint density at radius 1 is 1.32 bits per heavy atom. The van der Waals surface area contributed by atoms with E-state index in [0.29, 0.717) is 12.5 Å². The van der Waals surface area contributed by atoms with E-state index in [1.165, 1.54) is 12.8 Å². The highest BCUT2D eigenvalue weighted by Gasteiger charge is 2.05. The number of aromatic nitrogens is 1. The fourth-order valence-corrected chi connectivity index (χ4v) is 1.64. The molecular formula is C13H25IN4O. The van der Waals surface area contributed by atoms with E-state index in [2.05, 4.69) is 41.6 Å². The lowest BCUT2D eigenvalue weighted by Gasteiger charge is -2.16. The fourth-order valence-electron chi connectivity index (χ4n) is 1.64. The third-order valence-electron chi connectivity index (χ3n) is 2.95. The van der Waals surface area contributed by atoms with E-state index in [4.69, 9.17) is 4.52 Å². The number of guanidine groups is 1. The van der Waals surface area contributed by atoms with Crippen molar-refractivity contribution in [3.63, 3.8) is 0 Å². The number of aliphatic imine (C=N–C) groups is 1. The first-order valence-corrected chi connectivity index (χ1v) is 6.71. The van der Waals surface area contributed by atoms with Crippen LogP contribution in [0.1, 0.15) is 39.3 Å². The molecular weight excluding hydrogens is 355 g/mol. The average molecular weight is 380 g/mol. The molecule has 1 aromatic heterocycles. The smallest absolute Gasteiger partial charge is 0.191 e. The van der Waals surface area contributed by atoms with E-state index < -0.39 is 0 Å². The molecule has 0 saturated carbocycles. The minimum atomic E-state index is 0. The third kappa shape index (κ3) is 7.39. The second kappa shape index (κ2) is 11.1. The Balaban J connectivity index is 0.00000324. The Morgan fingerprint density at radius 2 is 2.05 bits per heavy atom. The number of nitrogens with one attached hydrogen (secondary N) is 2. The molecule has 1 aromatic rings. The molecule has 5 nitrogen and oxygen atoms in total. The maximum Gasteiger partial charge on any atom is 0.191 e. The van der Waals surface area contributed by atoms with Gasteiger partial charge in [0.1, 0.15) is 12.0 Å². The zero-order valence-electron chi connectivity index (χ0n) is 12.0. The highest BCUT2D eigenvalue weighted by atomic mass is 127. The van der Waals surface area contributed by atoms with Gasteiger partial charge in [-0.1, -0.05) is 31.8 Å². The van der Waals surface area contributed by atoms with Crippen LogP contribution >= 0.6 is 24.0 Å². The SMILES string of the molecule is CCNC(=NCc1ccon1)NCC(CC)CC.I. The summed E-state index contributed by atoms with van der Waals surface area (Å²) in [5, 5.41) is 10.4. The summed E-state index contributed by atoms with van der Waals surface area (Å²) >= 11 is 0. The minimum absolute atomic E-state index is 0. The summed E-state index contributed by atoms with van der Waals surface area (Å²) in [6, 6.07) is 1.83. The molecule has 0 unspecified atom stereocenters. The van der Waals surface area contributed by atoms with Crippen molar-refractivity contribution in [2.24, 2.45) is 10.9 Å². The van der Waals surface area contributed by atoms with Gasteiger partial charge in [-0.3, -0.25) is 0 Å². The third-order valence-corrected chi connectivity index (χ3v) is 2.95. The van der Waals surface area contributed by atoms with Gasteiger partial charge >= 0.3 is 0 Å². The number of halogens is 1. The van der Waals surface area contributed by atoms with Gasteiger partial charge in [0.25, 0.3) is 0 Å². The largest absolute Gasteiger partial charge is 0.364 e. The van der Waals surface area contributed by atoms with Crippen molar-refractivity contribution in [1.29, 1.82) is 0 Å². The topological polar surface area (TPSA) is 62.5 Å². The minimum Gasteiger partial charge on any atom is -0.364 e. The van der Waals surface area contributed by atoms with Crippen LogP contribution in [-0.4, -0.2) is 24.2 Å². The van der Waals surface area contributed by atoms with Crippen LogP contribution in [0.5, 0.6) is 0 Å². The van der Waals surface area contributed by atoms with E-state index in [9.17, 15) is 0 Å². The maximum atomic E-state index is 4.78. The van der Waals surface area contributed by atoms with Crippen LogP contribution in [0.2, 0.25) is 0 Å². The zero-order chi connectivity index (χ0) is 13.2. The summed E-state index contributed by atoms with van der Waals surface area (Å²) < 4.78 is 4.78. The quantitative estimate of drug-likeness (QED) is 0.434. The number of hydrogen-bond acceptors (Lipinski definition) is 3. The molecule has 0 aliphatic rings. The van der Waals surface area contributed by atoms with Gasteiger partial charge in [0.05, 0.1) is 6.54 Å². The first kappa shape index (κ1) is 18.2. The molecule has 2 N–H and O–H groups in total. The molecule has 0 radical (unpaired) electrons. The van der Waals surface area contributed by atoms with Crippen LogP contribution in [0.25, 0.3) is 0 Å². The van der Waals surface area contributed by atoms with E-state index in [0.717, 1.165) is 24.7 Å². The molecule has 110 valence electrons. The van der Waals surface area contributed by atoms with Crippen molar-refractivity contribution >= 4 is 29.9 Å². The molecule has 0 fully saturated rings. The maximum absolute atomic E-state index is 4.78. The molecule has 0 aliphatic carbocycles. The monoisotopic (exact) mass is 380 g/mol. The molecule has 19 heavy (non-hydrogen) atoms. The second-order valence-electron chi connectivity index (χ2n) is 4.25. The van der Waals surface area contributed by atoms with Gasteiger partial charge in [-0.2, -0.15) is 0 Å². The van der Waals surface area contributed by atoms with Gasteiger partial charge in [0.15, 0.2) is 5.96 Å². The van der Waals surface area contributed by atoms with Crippen LogP contribution in [0, 0.1) is 5.92 Å². The molecule has 0 amide bonds. The molecule has 1 rings (SSSR count). The van der Waals surface area contributed by atoms with Crippen LogP contribution in [0.4, 0.5) is 0 Å². The molecule has 1 heterocycles. The predicted molar refractivity (Wildman–Crippen MR) is 88.8 cm³/mol. The first-order chi connectivity index (χ1) is 8.80. The molecule has 0 bridgehead atoms. The first-order valence-electron chi connectivity index (χ1n) is 6.71. The molecule has 0 saturated heterocycles. The van der Waals surface area contributed by atoms with E-state index in [1.54, 1.807) is 6.26 Å². The van der Waals surface area contributed by atoms with Gasteiger partial charge < -0.3 is 15.2 Å². The van der Waals surface area contributed by atoms with Gasteiger partial charge in [0, 0.05) is 19.2 Å². The lowest BCUT2D eigenvalue weighted by Crippen LogP contribution is -2.39. The Kier molecular flexibility index (Phi) is 10.6. The van der Waals surface area contributed by atoms with Crippen molar-refractivity contribution in [1.82, 2.24) is 15.8 Å². The Bertz CT molecular complexity index is 336. The van der Waals surface area contributed by atoms with Crippen molar-refractivity contribution in [3.05, 3.63) is 18.0 Å². The fraction of sp³-hybridized carbons (Fsp3) is 0.692. The van der Waals surface area contributed by atoms with Crippen molar-refractivity contribution in [3.8, 4) is 0 Å². The summed E-state index contributed by atoms with van der Waals surface area (Å²) in [5.41, 5.74) is 0.842. The van der Waals surface area contributed by atoms with E-state index in [-0.39, 0.29) is 24.0 Å². The van der Waals surface area contributed by atoms with Gasteiger partial charge in [0.2, 0.25) is 0 Å². The lowest BCUT2D eigenvalue weighted by molar-refractivity contribution is 0.412. The average Bonchev–Trinajstić information content (AvgIpc) is 2.90. The molecule has 0 spiro atoms. The molecule has 0 atom stereocenters. The van der Waals surface area contributed by atoms with Gasteiger partial charge in [-0.25, -0.2) is 4.99 Å². The highest BCUT2D eigenvalue weighted by Crippen LogP contribution is 2.05. The summed E-state index contributed by atoms with van der Waals surface area (Å²) in [6.07, 6.45) is 3.94. The predicted octanol–water partition coefficient (Wildman–Crippen LogP) is 2.78. The van der Waals surface area contributed by atoms with Crippen molar-refractivity contribution in [2.75, 3.05) is 13.1 Å². The summed E-state index contributed by atoms with van der Waals surface area (Å²) in [6.45, 7) is 8.84. The van der Waals surface area contributed by atoms with Gasteiger partial charge in [-0.15, -0.1) is 24.0 Å². The van der Waals surface area contributed by atoms with E-state index in [1.807, 2.05) is 6.07 Å². The molecule has 6 heteroatoms.